The number of fused-ring (bicyclic) bond motifs is 2. The highest BCUT2D eigenvalue weighted by atomic mass is 15.2. The Hall–Kier alpha value is -6.65. The van der Waals surface area contributed by atoms with E-state index >= 15 is 0 Å². The maximum Gasteiger partial charge on any atom is 0.164 e. The molecule has 1 aliphatic rings. The highest BCUT2D eigenvalue weighted by Crippen LogP contribution is 2.55. The lowest BCUT2D eigenvalue weighted by Crippen LogP contribution is -2.34. The van der Waals surface area contributed by atoms with Crippen LogP contribution in [0, 0.1) is 0 Å². The van der Waals surface area contributed by atoms with Gasteiger partial charge in [0.2, 0.25) is 0 Å². The number of anilines is 3. The standard InChI is InChI=1S/C47H34N4/c1-47(38-22-12-5-13-23-38)40-24-14-15-25-42(40)51(43-31-28-37(32-41(43)47)33-16-6-2-7-17-33)39-29-26-36(27-30-39)46-49-44(34-18-8-3-9-19-34)48-45(50-46)35-20-10-4-11-21-35/h2-32H,1H3. The van der Waals surface area contributed by atoms with Gasteiger partial charge in [0.1, 0.15) is 0 Å². The first-order chi connectivity index (χ1) is 25.2. The van der Waals surface area contributed by atoms with Crippen LogP contribution in [0.25, 0.3) is 45.3 Å². The average Bonchev–Trinajstić information content (AvgIpc) is 3.22. The molecule has 0 saturated heterocycles. The van der Waals surface area contributed by atoms with Crippen LogP contribution < -0.4 is 4.90 Å². The Labute approximate surface area is 298 Å². The largest absolute Gasteiger partial charge is 0.310 e. The van der Waals surface area contributed by atoms with Crippen LogP contribution >= 0.6 is 0 Å². The number of rotatable bonds is 6. The van der Waals surface area contributed by atoms with Crippen molar-refractivity contribution >= 4 is 17.1 Å². The Balaban J connectivity index is 1.19. The van der Waals surface area contributed by atoms with Crippen molar-refractivity contribution in [2.45, 2.75) is 12.3 Å². The van der Waals surface area contributed by atoms with Gasteiger partial charge < -0.3 is 4.90 Å². The summed E-state index contributed by atoms with van der Waals surface area (Å²) in [6.07, 6.45) is 0. The van der Waals surface area contributed by atoms with Gasteiger partial charge >= 0.3 is 0 Å². The molecule has 242 valence electrons. The first kappa shape index (κ1) is 30.4. The predicted molar refractivity (Wildman–Crippen MR) is 208 cm³/mol. The maximum atomic E-state index is 4.97. The number of aromatic nitrogens is 3. The number of para-hydroxylation sites is 1. The molecule has 0 N–H and O–H groups in total. The Bertz CT molecular complexity index is 2410. The fourth-order valence-corrected chi connectivity index (χ4v) is 7.37. The predicted octanol–water partition coefficient (Wildman–Crippen LogP) is 11.7. The van der Waals surface area contributed by atoms with E-state index in [1.165, 1.54) is 27.8 Å². The first-order valence-corrected chi connectivity index (χ1v) is 17.3. The van der Waals surface area contributed by atoms with Crippen LogP contribution in [-0.2, 0) is 5.41 Å². The summed E-state index contributed by atoms with van der Waals surface area (Å²) >= 11 is 0. The molecule has 1 atom stereocenters. The lowest BCUT2D eigenvalue weighted by atomic mass is 9.67. The van der Waals surface area contributed by atoms with E-state index in [4.69, 9.17) is 15.0 Å². The van der Waals surface area contributed by atoms with Crippen molar-refractivity contribution in [1.29, 1.82) is 0 Å². The van der Waals surface area contributed by atoms with E-state index in [0.717, 1.165) is 33.8 Å². The Morgan fingerprint density at radius 1 is 0.373 bits per heavy atom. The summed E-state index contributed by atoms with van der Waals surface area (Å²) in [6.45, 7) is 2.37. The molecule has 1 unspecified atom stereocenters. The van der Waals surface area contributed by atoms with Crippen LogP contribution in [0.3, 0.4) is 0 Å². The van der Waals surface area contributed by atoms with Gasteiger partial charge in [-0.05, 0) is 77.2 Å². The lowest BCUT2D eigenvalue weighted by molar-refractivity contribution is 0.681. The van der Waals surface area contributed by atoms with Gasteiger partial charge in [0.05, 0.1) is 11.4 Å². The molecule has 0 fully saturated rings. The number of nitrogens with zero attached hydrogens (tertiary/aromatic N) is 4. The Morgan fingerprint density at radius 2 is 0.804 bits per heavy atom. The van der Waals surface area contributed by atoms with Gasteiger partial charge in [-0.15, -0.1) is 0 Å². The van der Waals surface area contributed by atoms with Crippen molar-refractivity contribution in [2.75, 3.05) is 4.90 Å². The third-order valence-electron chi connectivity index (χ3n) is 10.0. The van der Waals surface area contributed by atoms with E-state index in [9.17, 15) is 0 Å². The van der Waals surface area contributed by atoms with Gasteiger partial charge in [-0.25, -0.2) is 15.0 Å². The van der Waals surface area contributed by atoms with Crippen molar-refractivity contribution in [3.63, 3.8) is 0 Å². The molecular weight excluding hydrogens is 621 g/mol. The van der Waals surface area contributed by atoms with E-state index in [2.05, 4.69) is 139 Å². The molecule has 0 saturated carbocycles. The molecule has 1 aromatic heterocycles. The van der Waals surface area contributed by atoms with Crippen LogP contribution in [0.4, 0.5) is 17.1 Å². The maximum absolute atomic E-state index is 4.97. The molecule has 2 heterocycles. The minimum absolute atomic E-state index is 0.374. The Kier molecular flexibility index (Phi) is 7.55. The second-order valence-electron chi connectivity index (χ2n) is 13.0. The fourth-order valence-electron chi connectivity index (χ4n) is 7.37. The molecule has 9 rings (SSSR count). The zero-order valence-electron chi connectivity index (χ0n) is 28.2. The summed E-state index contributed by atoms with van der Waals surface area (Å²) in [7, 11) is 0. The van der Waals surface area contributed by atoms with Crippen molar-refractivity contribution in [1.82, 2.24) is 15.0 Å². The molecule has 0 aliphatic carbocycles. The molecule has 0 amide bonds. The van der Waals surface area contributed by atoms with Crippen molar-refractivity contribution in [3.8, 4) is 45.3 Å². The summed E-state index contributed by atoms with van der Waals surface area (Å²) in [5.41, 5.74) is 12.0. The fraction of sp³-hybridized carbons (Fsp3) is 0.0426. The van der Waals surface area contributed by atoms with Gasteiger partial charge in [-0.2, -0.15) is 0 Å². The number of hydrogen-bond donors (Lipinski definition) is 0. The quantitative estimate of drug-likeness (QED) is 0.179. The van der Waals surface area contributed by atoms with Crippen molar-refractivity contribution < 1.29 is 0 Å². The van der Waals surface area contributed by atoms with E-state index in [1.807, 2.05) is 60.7 Å². The van der Waals surface area contributed by atoms with E-state index in [1.54, 1.807) is 0 Å². The second-order valence-corrected chi connectivity index (χ2v) is 13.0. The van der Waals surface area contributed by atoms with Crippen molar-refractivity contribution in [2.24, 2.45) is 0 Å². The highest BCUT2D eigenvalue weighted by Gasteiger charge is 2.41. The molecule has 51 heavy (non-hydrogen) atoms. The van der Waals surface area contributed by atoms with Crippen LogP contribution in [0.5, 0.6) is 0 Å². The molecule has 1 aliphatic heterocycles. The monoisotopic (exact) mass is 654 g/mol. The average molecular weight is 655 g/mol. The summed E-state index contributed by atoms with van der Waals surface area (Å²) in [4.78, 5) is 17.2. The van der Waals surface area contributed by atoms with Crippen LogP contribution in [0.15, 0.2) is 188 Å². The third kappa shape index (κ3) is 5.38. The summed E-state index contributed by atoms with van der Waals surface area (Å²) in [6, 6.07) is 66.1. The van der Waals surface area contributed by atoms with Gasteiger partial charge in [0, 0.05) is 27.8 Å². The van der Waals surface area contributed by atoms with Crippen LogP contribution in [0.1, 0.15) is 23.6 Å². The number of benzene rings is 7. The van der Waals surface area contributed by atoms with Crippen LogP contribution in [0.2, 0.25) is 0 Å². The molecule has 0 bridgehead atoms. The lowest BCUT2D eigenvalue weighted by Gasteiger charge is -2.44. The van der Waals surface area contributed by atoms with Gasteiger partial charge in [0.25, 0.3) is 0 Å². The van der Waals surface area contributed by atoms with Gasteiger partial charge in [0.15, 0.2) is 17.5 Å². The number of hydrogen-bond acceptors (Lipinski definition) is 4. The minimum atomic E-state index is -0.374. The van der Waals surface area contributed by atoms with Crippen LogP contribution in [-0.4, -0.2) is 15.0 Å². The third-order valence-corrected chi connectivity index (χ3v) is 10.0. The van der Waals surface area contributed by atoms with E-state index in [0.29, 0.717) is 17.5 Å². The smallest absolute Gasteiger partial charge is 0.164 e. The molecule has 4 heteroatoms. The molecule has 8 aromatic rings. The first-order valence-electron chi connectivity index (χ1n) is 17.3. The Morgan fingerprint density at radius 3 is 1.37 bits per heavy atom. The molecule has 7 aromatic carbocycles. The highest BCUT2D eigenvalue weighted by molar-refractivity contribution is 5.89. The zero-order chi connectivity index (χ0) is 34.2. The SMILES string of the molecule is CC1(c2ccccc2)c2ccccc2N(c2ccc(-c3nc(-c4ccccc4)nc(-c4ccccc4)n3)cc2)c2ccc(-c3ccccc3)cc21. The van der Waals surface area contributed by atoms with Gasteiger partial charge in [-0.3, -0.25) is 0 Å². The second kappa shape index (κ2) is 12.7. The van der Waals surface area contributed by atoms with Gasteiger partial charge in [-0.1, -0.05) is 146 Å². The van der Waals surface area contributed by atoms with Crippen molar-refractivity contribution in [3.05, 3.63) is 205 Å². The summed E-state index contributed by atoms with van der Waals surface area (Å²) in [5.74, 6) is 1.94. The van der Waals surface area contributed by atoms with E-state index in [-0.39, 0.29) is 5.41 Å². The van der Waals surface area contributed by atoms with E-state index < -0.39 is 0 Å². The molecule has 0 radical (unpaired) electrons. The topological polar surface area (TPSA) is 41.9 Å². The summed E-state index contributed by atoms with van der Waals surface area (Å²) in [5, 5.41) is 0. The zero-order valence-corrected chi connectivity index (χ0v) is 28.2. The molecular formula is C47H34N4. The molecule has 0 spiro atoms. The summed E-state index contributed by atoms with van der Waals surface area (Å²) < 4.78 is 0. The normalized spacial score (nSPS) is 14.8. The minimum Gasteiger partial charge on any atom is -0.310 e. The molecule has 4 nitrogen and oxygen atoms in total.